The zero-order chi connectivity index (χ0) is 22.3. The lowest BCUT2D eigenvalue weighted by Gasteiger charge is -2.18. The van der Waals surface area contributed by atoms with Gasteiger partial charge >= 0.3 is 6.09 Å². The molecule has 0 radical (unpaired) electrons. The Morgan fingerprint density at radius 3 is 2.03 bits per heavy atom. The van der Waals surface area contributed by atoms with E-state index in [-0.39, 0.29) is 37.3 Å². The van der Waals surface area contributed by atoms with Crippen LogP contribution in [0.15, 0.2) is 84.9 Å². The molecule has 1 aliphatic rings. The lowest BCUT2D eigenvalue weighted by molar-refractivity contribution is -0.120. The normalized spacial score (nSPS) is 17.4. The van der Waals surface area contributed by atoms with Crippen LogP contribution in [0.25, 0.3) is 0 Å². The summed E-state index contributed by atoms with van der Waals surface area (Å²) in [5.74, 6) is 0.382. The van der Waals surface area contributed by atoms with Crippen molar-refractivity contribution in [2.45, 2.75) is 43.9 Å². The molecular formula is C27H29ClN2O3. The number of ether oxygens (including phenoxy) is 1. The van der Waals surface area contributed by atoms with Crippen molar-refractivity contribution in [2.75, 3.05) is 0 Å². The van der Waals surface area contributed by atoms with Crippen molar-refractivity contribution in [1.29, 1.82) is 0 Å². The maximum atomic E-state index is 13.1. The molecule has 0 bridgehead atoms. The van der Waals surface area contributed by atoms with Crippen LogP contribution >= 0.6 is 12.4 Å². The predicted molar refractivity (Wildman–Crippen MR) is 131 cm³/mol. The monoisotopic (exact) mass is 464 g/mol. The van der Waals surface area contributed by atoms with Gasteiger partial charge in [0.05, 0.1) is 6.04 Å². The molecule has 5 nitrogen and oxygen atoms in total. The summed E-state index contributed by atoms with van der Waals surface area (Å²) >= 11 is 0. The number of amides is 1. The van der Waals surface area contributed by atoms with Gasteiger partial charge in [-0.3, -0.25) is 4.79 Å². The number of ketones is 1. The summed E-state index contributed by atoms with van der Waals surface area (Å²) in [7, 11) is 0. The largest absolute Gasteiger partial charge is 0.445 e. The fourth-order valence-electron chi connectivity index (χ4n) is 3.81. The molecule has 0 aromatic heterocycles. The van der Waals surface area contributed by atoms with Crippen LogP contribution in [0.2, 0.25) is 0 Å². The molecule has 3 aromatic rings. The van der Waals surface area contributed by atoms with Gasteiger partial charge in [-0.1, -0.05) is 84.9 Å². The average molecular weight is 465 g/mol. The molecule has 172 valence electrons. The van der Waals surface area contributed by atoms with E-state index in [1.54, 1.807) is 0 Å². The highest BCUT2D eigenvalue weighted by Crippen LogP contribution is 2.38. The maximum absolute atomic E-state index is 13.1. The minimum atomic E-state index is -0.669. The molecule has 1 saturated carbocycles. The Kier molecular flexibility index (Phi) is 8.64. The summed E-state index contributed by atoms with van der Waals surface area (Å²) in [6.07, 6.45) is 1.08. The number of hydrogen-bond acceptors (Lipinski definition) is 4. The Bertz CT molecular complexity index is 1040. The molecule has 0 saturated heterocycles. The van der Waals surface area contributed by atoms with Gasteiger partial charge in [0.25, 0.3) is 0 Å². The fraction of sp³-hybridized carbons (Fsp3) is 0.259. The number of nitrogens with one attached hydrogen (secondary N) is 1. The van der Waals surface area contributed by atoms with Crippen LogP contribution in [0.1, 0.15) is 34.6 Å². The van der Waals surface area contributed by atoms with E-state index in [1.165, 1.54) is 5.56 Å². The zero-order valence-corrected chi connectivity index (χ0v) is 19.2. The van der Waals surface area contributed by atoms with Gasteiger partial charge in [-0.2, -0.15) is 0 Å². The average Bonchev–Trinajstić information content (AvgIpc) is 3.55. The van der Waals surface area contributed by atoms with E-state index in [1.807, 2.05) is 84.9 Å². The summed E-state index contributed by atoms with van der Waals surface area (Å²) in [6.45, 7) is 0.156. The second-order valence-electron chi connectivity index (χ2n) is 8.34. The Balaban J connectivity index is 0.00000306. The highest BCUT2D eigenvalue weighted by molar-refractivity contribution is 5.89. The first-order valence-corrected chi connectivity index (χ1v) is 11.0. The highest BCUT2D eigenvalue weighted by atomic mass is 35.5. The summed E-state index contributed by atoms with van der Waals surface area (Å²) in [6, 6.07) is 26.8. The van der Waals surface area contributed by atoms with Crippen LogP contribution < -0.4 is 11.1 Å². The van der Waals surface area contributed by atoms with Crippen LogP contribution in [0.4, 0.5) is 4.79 Å². The van der Waals surface area contributed by atoms with Gasteiger partial charge in [-0.25, -0.2) is 4.79 Å². The molecule has 1 amide bonds. The second kappa shape index (κ2) is 11.6. The number of carbonyl (C=O) groups excluding carboxylic acids is 2. The fourth-order valence-corrected chi connectivity index (χ4v) is 3.81. The van der Waals surface area contributed by atoms with Gasteiger partial charge < -0.3 is 15.8 Å². The van der Waals surface area contributed by atoms with Crippen molar-refractivity contribution in [3.8, 4) is 0 Å². The molecule has 3 N–H and O–H groups in total. The Hall–Kier alpha value is -3.15. The maximum Gasteiger partial charge on any atom is 0.408 e. The molecule has 0 aliphatic heterocycles. The van der Waals surface area contributed by atoms with Gasteiger partial charge in [0.2, 0.25) is 0 Å². The van der Waals surface area contributed by atoms with E-state index in [0.717, 1.165) is 23.1 Å². The SMILES string of the molecule is Cl.NC1CC1c1ccc(CC(=O)C(Cc2ccccc2)NC(=O)OCc2ccccc2)cc1. The lowest BCUT2D eigenvalue weighted by atomic mass is 9.97. The summed E-state index contributed by atoms with van der Waals surface area (Å²) in [4.78, 5) is 25.6. The van der Waals surface area contributed by atoms with Gasteiger partial charge in [-0.05, 0) is 35.1 Å². The van der Waals surface area contributed by atoms with Gasteiger partial charge in [0, 0.05) is 18.4 Å². The molecule has 3 atom stereocenters. The first kappa shape index (κ1) is 24.5. The summed E-state index contributed by atoms with van der Waals surface area (Å²) < 4.78 is 5.34. The van der Waals surface area contributed by atoms with Crippen molar-refractivity contribution in [2.24, 2.45) is 5.73 Å². The molecule has 3 aromatic carbocycles. The van der Waals surface area contributed by atoms with E-state index < -0.39 is 12.1 Å². The Morgan fingerprint density at radius 2 is 1.45 bits per heavy atom. The molecule has 0 spiro atoms. The van der Waals surface area contributed by atoms with Crippen LogP contribution in [-0.4, -0.2) is 24.0 Å². The van der Waals surface area contributed by atoms with Crippen LogP contribution in [0, 0.1) is 0 Å². The van der Waals surface area contributed by atoms with Crippen LogP contribution in [-0.2, 0) is 29.0 Å². The highest BCUT2D eigenvalue weighted by Gasteiger charge is 2.34. The third kappa shape index (κ3) is 7.17. The molecule has 4 rings (SSSR count). The smallest absolute Gasteiger partial charge is 0.408 e. The summed E-state index contributed by atoms with van der Waals surface area (Å²) in [5, 5.41) is 2.77. The van der Waals surface area contributed by atoms with Gasteiger partial charge in [0.15, 0.2) is 5.78 Å². The number of nitrogens with two attached hydrogens (primary N) is 1. The molecule has 6 heteroatoms. The number of alkyl carbamates (subject to hydrolysis) is 1. The van der Waals surface area contributed by atoms with Crippen LogP contribution in [0.5, 0.6) is 0 Å². The predicted octanol–water partition coefficient (Wildman–Crippen LogP) is 4.57. The van der Waals surface area contributed by atoms with Crippen molar-refractivity contribution in [1.82, 2.24) is 5.32 Å². The Morgan fingerprint density at radius 1 is 0.879 bits per heavy atom. The quantitative estimate of drug-likeness (QED) is 0.486. The van der Waals surface area contributed by atoms with Crippen molar-refractivity contribution >= 4 is 24.3 Å². The van der Waals surface area contributed by atoms with Gasteiger partial charge in [-0.15, -0.1) is 12.4 Å². The van der Waals surface area contributed by atoms with Crippen molar-refractivity contribution < 1.29 is 14.3 Å². The zero-order valence-electron chi connectivity index (χ0n) is 18.4. The van der Waals surface area contributed by atoms with E-state index in [0.29, 0.717) is 12.3 Å². The van der Waals surface area contributed by atoms with E-state index >= 15 is 0 Å². The molecule has 33 heavy (non-hydrogen) atoms. The minimum Gasteiger partial charge on any atom is -0.445 e. The van der Waals surface area contributed by atoms with Crippen LogP contribution in [0.3, 0.4) is 0 Å². The molecule has 0 heterocycles. The standard InChI is InChI=1S/C27H28N2O3.ClH/c28-24-17-23(24)22-13-11-20(12-14-22)16-26(30)25(15-19-7-3-1-4-8-19)29-27(31)32-18-21-9-5-2-6-10-21;/h1-14,23-25H,15-18,28H2,(H,29,31);1H. The lowest BCUT2D eigenvalue weighted by Crippen LogP contribution is -2.43. The number of benzene rings is 3. The molecule has 1 aliphatic carbocycles. The molecule has 1 fully saturated rings. The van der Waals surface area contributed by atoms with E-state index in [4.69, 9.17) is 10.5 Å². The minimum absolute atomic E-state index is 0. The first-order valence-electron chi connectivity index (χ1n) is 11.0. The summed E-state index contributed by atoms with van der Waals surface area (Å²) in [5.41, 5.74) is 9.95. The molecular weight excluding hydrogens is 436 g/mol. The van der Waals surface area contributed by atoms with Crippen molar-refractivity contribution in [3.63, 3.8) is 0 Å². The number of Topliss-reactive ketones (excluding diaryl/α,β-unsaturated/α-hetero) is 1. The number of carbonyl (C=O) groups is 2. The van der Waals surface area contributed by atoms with Gasteiger partial charge in [0.1, 0.15) is 6.61 Å². The Labute approximate surface area is 200 Å². The van der Waals surface area contributed by atoms with E-state index in [9.17, 15) is 9.59 Å². The third-order valence-corrected chi connectivity index (χ3v) is 5.80. The van der Waals surface area contributed by atoms with Crippen molar-refractivity contribution in [3.05, 3.63) is 107 Å². The topological polar surface area (TPSA) is 81.4 Å². The number of hydrogen-bond donors (Lipinski definition) is 2. The molecule has 3 unspecified atom stereocenters. The number of rotatable bonds is 9. The first-order chi connectivity index (χ1) is 15.6. The van der Waals surface area contributed by atoms with E-state index in [2.05, 4.69) is 5.32 Å². The number of halogens is 1. The second-order valence-corrected chi connectivity index (χ2v) is 8.34. The third-order valence-electron chi connectivity index (χ3n) is 5.80.